The van der Waals surface area contributed by atoms with Crippen molar-refractivity contribution < 1.29 is 9.59 Å². The summed E-state index contributed by atoms with van der Waals surface area (Å²) in [5, 5.41) is 2.98. The Labute approximate surface area is 127 Å². The van der Waals surface area contributed by atoms with E-state index in [1.165, 1.54) is 25.7 Å². The van der Waals surface area contributed by atoms with Crippen LogP contribution in [0.2, 0.25) is 0 Å². The lowest BCUT2D eigenvalue weighted by Crippen LogP contribution is -2.65. The molecule has 2 saturated carbocycles. The van der Waals surface area contributed by atoms with Crippen molar-refractivity contribution in [2.24, 2.45) is 11.3 Å². The van der Waals surface area contributed by atoms with Crippen LogP contribution in [0.1, 0.15) is 65.2 Å². The van der Waals surface area contributed by atoms with Crippen LogP contribution in [0.5, 0.6) is 0 Å². The van der Waals surface area contributed by atoms with Crippen molar-refractivity contribution in [2.45, 2.75) is 77.3 Å². The van der Waals surface area contributed by atoms with E-state index in [0.29, 0.717) is 5.92 Å². The van der Waals surface area contributed by atoms with E-state index in [1.807, 2.05) is 11.8 Å². The van der Waals surface area contributed by atoms with E-state index in [9.17, 15) is 9.59 Å². The van der Waals surface area contributed by atoms with Crippen molar-refractivity contribution >= 4 is 11.8 Å². The summed E-state index contributed by atoms with van der Waals surface area (Å²) in [5.74, 6) is 0.643. The molecule has 0 aromatic carbocycles. The Balaban J connectivity index is 1.80. The van der Waals surface area contributed by atoms with Crippen molar-refractivity contribution in [2.75, 3.05) is 6.54 Å². The summed E-state index contributed by atoms with van der Waals surface area (Å²) in [4.78, 5) is 27.2. The molecule has 4 heteroatoms. The van der Waals surface area contributed by atoms with Gasteiger partial charge in [-0.1, -0.05) is 26.7 Å². The number of rotatable bonds is 5. The molecule has 3 rings (SSSR count). The minimum Gasteiger partial charge on any atom is -0.342 e. The lowest BCUT2D eigenvalue weighted by Gasteiger charge is -2.43. The first-order valence-electron chi connectivity index (χ1n) is 8.71. The maximum atomic E-state index is 12.9. The number of amides is 2. The van der Waals surface area contributed by atoms with Gasteiger partial charge >= 0.3 is 0 Å². The fourth-order valence-electron chi connectivity index (χ4n) is 4.24. The second kappa shape index (κ2) is 5.62. The van der Waals surface area contributed by atoms with Crippen LogP contribution in [0.3, 0.4) is 0 Å². The fourth-order valence-corrected chi connectivity index (χ4v) is 4.24. The molecular weight excluding hydrogens is 264 g/mol. The summed E-state index contributed by atoms with van der Waals surface area (Å²) in [6, 6.07) is -0.493. The second-order valence-corrected chi connectivity index (χ2v) is 7.27. The van der Waals surface area contributed by atoms with Gasteiger partial charge in [-0.15, -0.1) is 0 Å². The van der Waals surface area contributed by atoms with Crippen LogP contribution in [0.15, 0.2) is 0 Å². The molecule has 21 heavy (non-hydrogen) atoms. The zero-order valence-electron chi connectivity index (χ0n) is 13.4. The van der Waals surface area contributed by atoms with E-state index in [1.54, 1.807) is 0 Å². The van der Waals surface area contributed by atoms with Crippen molar-refractivity contribution in [3.05, 3.63) is 0 Å². The molecule has 3 aliphatic rings. The lowest BCUT2D eigenvalue weighted by atomic mass is 9.81. The molecule has 0 bridgehead atoms. The van der Waals surface area contributed by atoms with Gasteiger partial charge in [-0.3, -0.25) is 9.59 Å². The van der Waals surface area contributed by atoms with Gasteiger partial charge in [0.2, 0.25) is 11.8 Å². The van der Waals surface area contributed by atoms with Crippen molar-refractivity contribution in [1.82, 2.24) is 10.2 Å². The Morgan fingerprint density at radius 1 is 1.19 bits per heavy atom. The van der Waals surface area contributed by atoms with Gasteiger partial charge in [0.05, 0.1) is 0 Å². The van der Waals surface area contributed by atoms with Gasteiger partial charge in [0.1, 0.15) is 12.1 Å². The molecular formula is C17H28N2O2. The number of nitrogens with zero attached hydrogens (tertiary/aromatic N) is 1. The van der Waals surface area contributed by atoms with Gasteiger partial charge in [-0.25, -0.2) is 0 Å². The molecule has 2 amide bonds. The Bertz CT molecular complexity index is 425. The normalized spacial score (nSPS) is 32.4. The van der Waals surface area contributed by atoms with Crippen LogP contribution >= 0.6 is 0 Å². The first-order chi connectivity index (χ1) is 10.1. The van der Waals surface area contributed by atoms with Crippen LogP contribution in [0.25, 0.3) is 0 Å². The average molecular weight is 292 g/mol. The molecule has 2 atom stereocenters. The SMILES string of the molecule is CCC1C(=O)NC(C2CC2)C(=O)N1CC1(CC)CCCC1. The zero-order chi connectivity index (χ0) is 15.0. The third-order valence-electron chi connectivity index (χ3n) is 5.93. The molecule has 0 aromatic rings. The van der Waals surface area contributed by atoms with Crippen LogP contribution < -0.4 is 5.32 Å². The molecule has 0 aromatic heterocycles. The summed E-state index contributed by atoms with van der Waals surface area (Å²) in [6.45, 7) is 5.03. The van der Waals surface area contributed by atoms with Crippen LogP contribution in [-0.4, -0.2) is 35.3 Å². The Kier molecular flexibility index (Phi) is 3.98. The van der Waals surface area contributed by atoms with Gasteiger partial charge in [0.25, 0.3) is 0 Å². The summed E-state index contributed by atoms with van der Waals surface area (Å²) in [7, 11) is 0. The number of carbonyl (C=O) groups excluding carboxylic acids is 2. The number of piperazine rings is 1. The second-order valence-electron chi connectivity index (χ2n) is 7.27. The highest BCUT2D eigenvalue weighted by atomic mass is 16.2. The third-order valence-corrected chi connectivity index (χ3v) is 5.93. The van der Waals surface area contributed by atoms with Gasteiger partial charge < -0.3 is 10.2 Å². The maximum Gasteiger partial charge on any atom is 0.246 e. The van der Waals surface area contributed by atoms with E-state index in [4.69, 9.17) is 0 Å². The molecule has 1 aliphatic heterocycles. The Hall–Kier alpha value is -1.06. The molecule has 3 fully saturated rings. The van der Waals surface area contributed by atoms with E-state index < -0.39 is 0 Å². The largest absolute Gasteiger partial charge is 0.342 e. The van der Waals surface area contributed by atoms with E-state index in [2.05, 4.69) is 12.2 Å². The fraction of sp³-hybridized carbons (Fsp3) is 0.882. The van der Waals surface area contributed by atoms with Crippen LogP contribution in [0.4, 0.5) is 0 Å². The standard InChI is InChI=1S/C17H28N2O2/c1-3-13-15(20)18-14(12-7-8-12)16(21)19(13)11-17(4-2)9-5-6-10-17/h12-14H,3-11H2,1-2H3,(H,18,20). The Morgan fingerprint density at radius 3 is 2.38 bits per heavy atom. The quantitative estimate of drug-likeness (QED) is 0.846. The summed E-state index contributed by atoms with van der Waals surface area (Å²) >= 11 is 0. The maximum absolute atomic E-state index is 12.9. The number of carbonyl (C=O) groups is 2. The topological polar surface area (TPSA) is 49.4 Å². The average Bonchev–Trinajstić information content (AvgIpc) is 3.22. The number of hydrogen-bond acceptors (Lipinski definition) is 2. The van der Waals surface area contributed by atoms with Gasteiger partial charge in [-0.05, 0) is 49.9 Å². The van der Waals surface area contributed by atoms with Gasteiger partial charge in [-0.2, -0.15) is 0 Å². The molecule has 0 radical (unpaired) electrons. The minimum absolute atomic E-state index is 0.0678. The predicted octanol–water partition coefficient (Wildman–Crippen LogP) is 2.47. The molecule has 118 valence electrons. The van der Waals surface area contributed by atoms with Crippen LogP contribution in [-0.2, 0) is 9.59 Å². The first kappa shape index (κ1) is 14.9. The summed E-state index contributed by atoms with van der Waals surface area (Å²) in [6.07, 6.45) is 8.95. The zero-order valence-corrected chi connectivity index (χ0v) is 13.4. The van der Waals surface area contributed by atoms with Crippen molar-refractivity contribution in [1.29, 1.82) is 0 Å². The highest BCUT2D eigenvalue weighted by molar-refractivity contribution is 5.97. The number of hydrogen-bond donors (Lipinski definition) is 1. The molecule has 1 N–H and O–H groups in total. The van der Waals surface area contributed by atoms with Crippen LogP contribution in [0, 0.1) is 11.3 Å². The lowest BCUT2D eigenvalue weighted by molar-refractivity contribution is -0.152. The van der Waals surface area contributed by atoms with E-state index >= 15 is 0 Å². The molecule has 2 aliphatic carbocycles. The number of nitrogens with one attached hydrogen (secondary N) is 1. The predicted molar refractivity (Wildman–Crippen MR) is 81.6 cm³/mol. The Morgan fingerprint density at radius 2 is 1.86 bits per heavy atom. The van der Waals surface area contributed by atoms with Crippen molar-refractivity contribution in [3.8, 4) is 0 Å². The highest BCUT2D eigenvalue weighted by Crippen LogP contribution is 2.43. The molecule has 2 unspecified atom stereocenters. The first-order valence-corrected chi connectivity index (χ1v) is 8.71. The van der Waals surface area contributed by atoms with E-state index in [-0.39, 0.29) is 29.3 Å². The summed E-state index contributed by atoms with van der Waals surface area (Å²) < 4.78 is 0. The molecule has 0 spiro atoms. The molecule has 4 nitrogen and oxygen atoms in total. The van der Waals surface area contributed by atoms with Gasteiger partial charge in [0, 0.05) is 6.54 Å². The van der Waals surface area contributed by atoms with Gasteiger partial charge in [0.15, 0.2) is 0 Å². The molecule has 1 heterocycles. The summed E-state index contributed by atoms with van der Waals surface area (Å²) in [5.41, 5.74) is 0.259. The molecule has 1 saturated heterocycles. The highest BCUT2D eigenvalue weighted by Gasteiger charge is 2.48. The smallest absolute Gasteiger partial charge is 0.246 e. The van der Waals surface area contributed by atoms with E-state index in [0.717, 1.165) is 32.2 Å². The monoisotopic (exact) mass is 292 g/mol. The third kappa shape index (κ3) is 2.69. The van der Waals surface area contributed by atoms with Crippen molar-refractivity contribution in [3.63, 3.8) is 0 Å². The minimum atomic E-state index is -0.253.